The predicted octanol–water partition coefficient (Wildman–Crippen LogP) is 3.35. The van der Waals surface area contributed by atoms with E-state index in [1.807, 2.05) is 0 Å². The maximum Gasteiger partial charge on any atom is 0.241 e. The van der Waals surface area contributed by atoms with Gasteiger partial charge in [-0.2, -0.15) is 0 Å². The molecule has 2 aromatic rings. The van der Waals surface area contributed by atoms with E-state index in [9.17, 15) is 12.8 Å². The van der Waals surface area contributed by atoms with E-state index in [-0.39, 0.29) is 10.7 Å². The summed E-state index contributed by atoms with van der Waals surface area (Å²) in [6.07, 6.45) is 0.622. The maximum absolute atomic E-state index is 13.9. The summed E-state index contributed by atoms with van der Waals surface area (Å²) in [5.41, 5.74) is 0.693. The minimum absolute atomic E-state index is 0.162. The van der Waals surface area contributed by atoms with Gasteiger partial charge in [-0.3, -0.25) is 0 Å². The third-order valence-electron chi connectivity index (χ3n) is 3.69. The third kappa shape index (κ3) is 3.36. The van der Waals surface area contributed by atoms with Crippen LogP contribution in [-0.2, 0) is 10.0 Å². The van der Waals surface area contributed by atoms with Gasteiger partial charge >= 0.3 is 0 Å². The molecule has 1 atom stereocenters. The van der Waals surface area contributed by atoms with Crippen molar-refractivity contribution in [3.8, 4) is 5.75 Å². The summed E-state index contributed by atoms with van der Waals surface area (Å²) < 4.78 is 46.7. The van der Waals surface area contributed by atoms with Gasteiger partial charge in [-0.25, -0.2) is 17.5 Å². The molecule has 0 fully saturated rings. The molecule has 7 heteroatoms. The lowest BCUT2D eigenvalue weighted by Gasteiger charge is -2.26. The third-order valence-corrected chi connectivity index (χ3v) is 6.34. The zero-order valence-corrected chi connectivity index (χ0v) is 14.1. The molecule has 23 heavy (non-hydrogen) atoms. The Morgan fingerprint density at radius 2 is 1.96 bits per heavy atom. The van der Waals surface area contributed by atoms with Crippen LogP contribution >= 0.6 is 11.8 Å². The van der Waals surface area contributed by atoms with Crippen molar-refractivity contribution in [3.63, 3.8) is 0 Å². The minimum atomic E-state index is -3.68. The lowest BCUT2D eigenvalue weighted by Crippen LogP contribution is -2.31. The lowest BCUT2D eigenvalue weighted by molar-refractivity contribution is 0.414. The van der Waals surface area contributed by atoms with Gasteiger partial charge in [-0.15, -0.1) is 11.8 Å². The molecule has 0 bridgehead atoms. The number of nitrogens with one attached hydrogen (secondary N) is 1. The summed E-state index contributed by atoms with van der Waals surface area (Å²) in [5, 5.41) is 0. The molecule has 4 nitrogen and oxygen atoms in total. The first kappa shape index (κ1) is 16.3. The molecule has 0 aliphatic carbocycles. The number of fused-ring (bicyclic) bond motifs is 1. The highest BCUT2D eigenvalue weighted by molar-refractivity contribution is 7.99. The molecule has 0 radical (unpaired) electrons. The van der Waals surface area contributed by atoms with Gasteiger partial charge in [0.2, 0.25) is 10.0 Å². The Labute approximate surface area is 139 Å². The molecule has 1 aliphatic heterocycles. The molecule has 0 spiro atoms. The van der Waals surface area contributed by atoms with Gasteiger partial charge in [0, 0.05) is 10.9 Å². The van der Waals surface area contributed by atoms with E-state index < -0.39 is 16.1 Å². The fraction of sp³-hybridized carbons (Fsp3) is 0.250. The molecule has 3 rings (SSSR count). The second kappa shape index (κ2) is 6.51. The summed E-state index contributed by atoms with van der Waals surface area (Å²) in [6.45, 7) is 0. The minimum Gasteiger partial charge on any atom is -0.497 e. The molecule has 0 saturated heterocycles. The first-order valence-electron chi connectivity index (χ1n) is 7.09. The lowest BCUT2D eigenvalue weighted by atomic mass is 10.0. The Balaban J connectivity index is 1.88. The van der Waals surface area contributed by atoms with Crippen LogP contribution in [0.3, 0.4) is 0 Å². The van der Waals surface area contributed by atoms with E-state index in [4.69, 9.17) is 4.74 Å². The fourth-order valence-electron chi connectivity index (χ4n) is 2.52. The Morgan fingerprint density at radius 1 is 1.22 bits per heavy atom. The normalized spacial score (nSPS) is 17.6. The van der Waals surface area contributed by atoms with Crippen LogP contribution in [0.25, 0.3) is 0 Å². The Kier molecular flexibility index (Phi) is 4.61. The Hall–Kier alpha value is -1.57. The van der Waals surface area contributed by atoms with Gasteiger partial charge < -0.3 is 4.74 Å². The number of methoxy groups -OCH3 is 1. The number of rotatable bonds is 4. The second-order valence-electron chi connectivity index (χ2n) is 5.14. The summed E-state index contributed by atoms with van der Waals surface area (Å²) in [5.74, 6) is 0.954. The zero-order valence-electron chi connectivity index (χ0n) is 12.5. The van der Waals surface area contributed by atoms with Crippen molar-refractivity contribution < 1.29 is 17.5 Å². The predicted molar refractivity (Wildman–Crippen MR) is 87.8 cm³/mol. The summed E-state index contributed by atoms with van der Waals surface area (Å²) in [7, 11) is -2.16. The quantitative estimate of drug-likeness (QED) is 0.916. The van der Waals surface area contributed by atoms with Gasteiger partial charge in [0.05, 0.1) is 12.0 Å². The van der Waals surface area contributed by atoms with Crippen molar-refractivity contribution in [1.82, 2.24) is 4.72 Å². The van der Waals surface area contributed by atoms with Crippen molar-refractivity contribution >= 4 is 21.8 Å². The van der Waals surface area contributed by atoms with Crippen molar-refractivity contribution in [2.24, 2.45) is 0 Å². The van der Waals surface area contributed by atoms with Gasteiger partial charge in [-0.1, -0.05) is 12.1 Å². The van der Waals surface area contributed by atoms with Gasteiger partial charge in [0.15, 0.2) is 0 Å². The van der Waals surface area contributed by atoms with Gasteiger partial charge in [-0.05, 0) is 48.1 Å². The Morgan fingerprint density at radius 3 is 2.65 bits per heavy atom. The number of halogens is 1. The average molecular weight is 353 g/mol. The number of ether oxygens (including phenoxy) is 1. The van der Waals surface area contributed by atoms with Crippen molar-refractivity contribution in [2.75, 3.05) is 12.9 Å². The monoisotopic (exact) mass is 353 g/mol. The number of hydrogen-bond acceptors (Lipinski definition) is 4. The van der Waals surface area contributed by atoms with E-state index in [1.54, 1.807) is 24.3 Å². The molecule has 0 aromatic heterocycles. The molecule has 0 amide bonds. The van der Waals surface area contributed by atoms with Crippen molar-refractivity contribution in [2.45, 2.75) is 22.3 Å². The van der Waals surface area contributed by atoms with Crippen LogP contribution in [0.5, 0.6) is 5.75 Å². The van der Waals surface area contributed by atoms with Crippen LogP contribution in [0, 0.1) is 5.82 Å². The fourth-order valence-corrected chi connectivity index (χ4v) is 4.91. The first-order valence-corrected chi connectivity index (χ1v) is 9.56. The van der Waals surface area contributed by atoms with Crippen molar-refractivity contribution in [1.29, 1.82) is 0 Å². The molecule has 0 unspecified atom stereocenters. The van der Waals surface area contributed by atoms with E-state index in [0.717, 1.165) is 0 Å². The van der Waals surface area contributed by atoms with Crippen LogP contribution in [0.1, 0.15) is 18.0 Å². The van der Waals surface area contributed by atoms with Crippen LogP contribution in [0.4, 0.5) is 4.39 Å². The SMILES string of the molecule is COc1ccc(S(=O)(=O)N[C@H]2CCSc3c(F)cccc32)cc1. The highest BCUT2D eigenvalue weighted by Crippen LogP contribution is 2.38. The molecule has 1 N–H and O–H groups in total. The molecule has 1 aliphatic rings. The van der Waals surface area contributed by atoms with Gasteiger partial charge in [0.1, 0.15) is 11.6 Å². The highest BCUT2D eigenvalue weighted by Gasteiger charge is 2.27. The Bertz CT molecular complexity index is 807. The number of hydrogen-bond donors (Lipinski definition) is 1. The van der Waals surface area contributed by atoms with Crippen LogP contribution in [-0.4, -0.2) is 21.3 Å². The summed E-state index contributed by atoms with van der Waals surface area (Å²) in [4.78, 5) is 0.690. The highest BCUT2D eigenvalue weighted by atomic mass is 32.2. The first-order chi connectivity index (χ1) is 11.0. The van der Waals surface area contributed by atoms with E-state index >= 15 is 0 Å². The summed E-state index contributed by atoms with van der Waals surface area (Å²) >= 11 is 1.42. The molecule has 0 saturated carbocycles. The number of sulfonamides is 1. The van der Waals surface area contributed by atoms with Crippen molar-refractivity contribution in [3.05, 3.63) is 53.8 Å². The molecular formula is C16H16FNO3S2. The number of thioether (sulfide) groups is 1. The molecular weight excluding hydrogens is 337 g/mol. The maximum atomic E-state index is 13.9. The average Bonchev–Trinajstić information content (AvgIpc) is 2.56. The van der Waals surface area contributed by atoms with E-state index in [2.05, 4.69) is 4.72 Å². The molecule has 2 aromatic carbocycles. The second-order valence-corrected chi connectivity index (χ2v) is 7.96. The largest absolute Gasteiger partial charge is 0.497 e. The summed E-state index contributed by atoms with van der Waals surface area (Å²) in [6, 6.07) is 10.5. The molecule has 122 valence electrons. The smallest absolute Gasteiger partial charge is 0.241 e. The van der Waals surface area contributed by atoms with E-state index in [0.29, 0.717) is 28.4 Å². The van der Waals surface area contributed by atoms with Gasteiger partial charge in [0.25, 0.3) is 0 Å². The van der Waals surface area contributed by atoms with Crippen LogP contribution < -0.4 is 9.46 Å². The van der Waals surface area contributed by atoms with E-state index in [1.165, 1.54) is 37.1 Å². The molecule has 1 heterocycles. The van der Waals surface area contributed by atoms with Crippen LogP contribution in [0.2, 0.25) is 0 Å². The zero-order chi connectivity index (χ0) is 16.4. The van der Waals surface area contributed by atoms with Crippen LogP contribution in [0.15, 0.2) is 52.3 Å². The number of benzene rings is 2. The standard InChI is InChI=1S/C16H16FNO3S2/c1-21-11-5-7-12(8-6-11)23(19,20)18-15-9-10-22-16-13(15)3-2-4-14(16)17/h2-8,15,18H,9-10H2,1H3/t15-/m0/s1. The topological polar surface area (TPSA) is 55.4 Å².